The second-order valence-corrected chi connectivity index (χ2v) is 5.26. The second kappa shape index (κ2) is 5.14. The van der Waals surface area contributed by atoms with Gasteiger partial charge in [-0.1, -0.05) is 0 Å². The van der Waals surface area contributed by atoms with Crippen LogP contribution in [0.3, 0.4) is 0 Å². The van der Waals surface area contributed by atoms with Gasteiger partial charge in [0.25, 0.3) is 10.0 Å². The van der Waals surface area contributed by atoms with Crippen LogP contribution in [0.1, 0.15) is 23.7 Å². The lowest BCUT2D eigenvalue weighted by Gasteiger charge is -2.11. The first-order chi connectivity index (χ1) is 8.24. The predicted octanol–water partition coefficient (Wildman–Crippen LogP) is -1.35. The lowest BCUT2D eigenvalue weighted by atomic mass is 10.2. The van der Waals surface area contributed by atoms with Crippen molar-refractivity contribution in [2.45, 2.75) is 24.4 Å². The molecule has 1 unspecified atom stereocenters. The molecule has 1 aromatic rings. The molecule has 0 radical (unpaired) electrons. The Balaban J connectivity index is 2.96. The average Bonchev–Trinajstić information content (AvgIpc) is 2.63. The number of H-pyrrole nitrogens is 1. The molecule has 1 atom stereocenters. The van der Waals surface area contributed by atoms with Gasteiger partial charge in [0, 0.05) is 12.5 Å². The lowest BCUT2D eigenvalue weighted by Crippen LogP contribution is -2.36. The first-order valence-electron chi connectivity index (χ1n) is 4.81. The number of carboxylic acids is 1. The first-order valence-corrected chi connectivity index (χ1v) is 6.29. The molecule has 0 aliphatic heterocycles. The van der Waals surface area contributed by atoms with Crippen LogP contribution in [0.25, 0.3) is 0 Å². The van der Waals surface area contributed by atoms with E-state index in [1.54, 1.807) is 0 Å². The van der Waals surface area contributed by atoms with Crippen LogP contribution in [0.2, 0.25) is 0 Å². The molecule has 0 aromatic carbocycles. The molecule has 0 fully saturated rings. The van der Waals surface area contributed by atoms with Crippen LogP contribution in [-0.4, -0.2) is 41.6 Å². The number of primary amides is 1. The molecule has 0 spiro atoms. The van der Waals surface area contributed by atoms with Crippen LogP contribution < -0.4 is 10.5 Å². The average molecular weight is 276 g/mol. The molecule has 0 bridgehead atoms. The molecule has 0 aliphatic carbocycles. The second-order valence-electron chi connectivity index (χ2n) is 3.61. The maximum absolute atomic E-state index is 11.8. The zero-order chi connectivity index (χ0) is 13.9. The number of carboxylic acid groups (broad SMARTS) is 1. The monoisotopic (exact) mass is 276 g/mol. The summed E-state index contributed by atoms with van der Waals surface area (Å²) in [4.78, 5) is 21.4. The molecule has 1 heterocycles. The summed E-state index contributed by atoms with van der Waals surface area (Å²) in [6.07, 6.45) is 0.686. The normalized spacial score (nSPS) is 13.2. The van der Waals surface area contributed by atoms with Crippen LogP contribution in [0, 0.1) is 0 Å². The van der Waals surface area contributed by atoms with Crippen LogP contribution in [-0.2, 0) is 14.8 Å². The van der Waals surface area contributed by atoms with Crippen LogP contribution in [0.15, 0.2) is 11.2 Å². The minimum Gasteiger partial charge on any atom is -0.478 e. The van der Waals surface area contributed by atoms with E-state index in [0.717, 1.165) is 6.20 Å². The Hall–Kier alpha value is -1.94. The summed E-state index contributed by atoms with van der Waals surface area (Å²) >= 11 is 0. The summed E-state index contributed by atoms with van der Waals surface area (Å²) in [6, 6.07) is -0.752. The number of carbonyl (C=O) groups excluding carboxylic acids is 1. The number of sulfonamides is 1. The van der Waals surface area contributed by atoms with Crippen molar-refractivity contribution in [1.29, 1.82) is 0 Å². The molecule has 0 aliphatic rings. The SMILES string of the molecule is CC(CC(N)=O)NS(=O)(=O)c1[nH]ncc1C(=O)O. The predicted molar refractivity (Wildman–Crippen MR) is 59.1 cm³/mol. The molecule has 1 rings (SSSR count). The molecular formula is C8H12N4O5S. The quantitative estimate of drug-likeness (QED) is 0.503. The number of nitrogens with one attached hydrogen (secondary N) is 2. The molecule has 100 valence electrons. The number of aromatic nitrogens is 2. The number of carbonyl (C=O) groups is 2. The van der Waals surface area contributed by atoms with Gasteiger partial charge in [-0.15, -0.1) is 0 Å². The van der Waals surface area contributed by atoms with Crippen LogP contribution in [0.4, 0.5) is 0 Å². The summed E-state index contributed by atoms with van der Waals surface area (Å²) in [7, 11) is -4.09. The standard InChI is InChI=1S/C8H12N4O5S/c1-4(2-6(9)13)12-18(16,17)7-5(8(14)15)3-10-11-7/h3-4,12H,2H2,1H3,(H2,9,13)(H,10,11)(H,14,15). The number of rotatable bonds is 6. The molecule has 10 heteroatoms. The van der Waals surface area contributed by atoms with Gasteiger partial charge in [0.1, 0.15) is 5.56 Å². The van der Waals surface area contributed by atoms with E-state index in [2.05, 4.69) is 14.9 Å². The molecule has 0 saturated carbocycles. The Morgan fingerprint density at radius 2 is 2.22 bits per heavy atom. The summed E-state index contributed by atoms with van der Waals surface area (Å²) in [5, 5.41) is 13.7. The Kier molecular flexibility index (Phi) is 4.03. The maximum Gasteiger partial charge on any atom is 0.340 e. The van der Waals surface area contributed by atoms with E-state index >= 15 is 0 Å². The number of hydrogen-bond acceptors (Lipinski definition) is 5. The van der Waals surface area contributed by atoms with Crippen molar-refractivity contribution in [3.05, 3.63) is 11.8 Å². The first kappa shape index (κ1) is 14.1. The lowest BCUT2D eigenvalue weighted by molar-refractivity contribution is -0.118. The summed E-state index contributed by atoms with van der Waals surface area (Å²) in [5.41, 5.74) is 4.44. The van der Waals surface area contributed by atoms with E-state index in [9.17, 15) is 18.0 Å². The molecular weight excluding hydrogens is 264 g/mol. The van der Waals surface area contributed by atoms with Crippen molar-refractivity contribution in [3.63, 3.8) is 0 Å². The number of nitrogens with zero attached hydrogens (tertiary/aromatic N) is 1. The van der Waals surface area contributed by atoms with Gasteiger partial charge < -0.3 is 10.8 Å². The van der Waals surface area contributed by atoms with Gasteiger partial charge in [-0.25, -0.2) is 17.9 Å². The highest BCUT2D eigenvalue weighted by Crippen LogP contribution is 2.12. The molecule has 0 saturated heterocycles. The minimum atomic E-state index is -4.09. The third kappa shape index (κ3) is 3.28. The van der Waals surface area contributed by atoms with Gasteiger partial charge in [0.2, 0.25) is 5.91 Å². The van der Waals surface area contributed by atoms with E-state index in [4.69, 9.17) is 10.8 Å². The van der Waals surface area contributed by atoms with Crippen molar-refractivity contribution < 1.29 is 23.1 Å². The van der Waals surface area contributed by atoms with Crippen molar-refractivity contribution in [2.24, 2.45) is 5.73 Å². The molecule has 1 amide bonds. The van der Waals surface area contributed by atoms with Gasteiger partial charge in [0.15, 0.2) is 5.03 Å². The van der Waals surface area contributed by atoms with Crippen molar-refractivity contribution in [2.75, 3.05) is 0 Å². The number of nitrogens with two attached hydrogens (primary N) is 1. The largest absolute Gasteiger partial charge is 0.478 e. The Bertz CT molecular complexity index is 564. The van der Waals surface area contributed by atoms with Crippen molar-refractivity contribution in [3.8, 4) is 0 Å². The fourth-order valence-corrected chi connectivity index (χ4v) is 2.63. The molecule has 9 nitrogen and oxygen atoms in total. The van der Waals surface area contributed by atoms with Crippen molar-refractivity contribution in [1.82, 2.24) is 14.9 Å². The molecule has 1 aromatic heterocycles. The van der Waals surface area contributed by atoms with Gasteiger partial charge in [-0.05, 0) is 6.92 Å². The summed E-state index contributed by atoms with van der Waals surface area (Å²) in [6.45, 7) is 1.43. The van der Waals surface area contributed by atoms with E-state index < -0.39 is 38.5 Å². The Morgan fingerprint density at radius 3 is 2.72 bits per heavy atom. The maximum atomic E-state index is 11.8. The number of amides is 1. The van der Waals surface area contributed by atoms with E-state index in [0.29, 0.717) is 0 Å². The third-order valence-corrected chi connectivity index (χ3v) is 3.53. The van der Waals surface area contributed by atoms with Crippen LogP contribution >= 0.6 is 0 Å². The summed E-state index contributed by atoms with van der Waals surface area (Å²) < 4.78 is 25.7. The van der Waals surface area contributed by atoms with E-state index in [1.807, 2.05) is 0 Å². The number of aromatic carboxylic acids is 1. The Labute approximate surface area is 102 Å². The number of hydrogen-bond donors (Lipinski definition) is 4. The van der Waals surface area contributed by atoms with Gasteiger partial charge in [0.05, 0.1) is 6.20 Å². The van der Waals surface area contributed by atoms with Crippen LogP contribution in [0.5, 0.6) is 0 Å². The smallest absolute Gasteiger partial charge is 0.340 e. The summed E-state index contributed by atoms with van der Waals surface area (Å²) in [5.74, 6) is -2.10. The third-order valence-electron chi connectivity index (χ3n) is 1.97. The van der Waals surface area contributed by atoms with Gasteiger partial charge in [-0.2, -0.15) is 5.10 Å². The minimum absolute atomic E-state index is 0.199. The molecule has 18 heavy (non-hydrogen) atoms. The zero-order valence-electron chi connectivity index (χ0n) is 9.37. The number of aromatic amines is 1. The topological polar surface area (TPSA) is 155 Å². The van der Waals surface area contributed by atoms with E-state index in [1.165, 1.54) is 6.92 Å². The Morgan fingerprint density at radius 1 is 1.61 bits per heavy atom. The fourth-order valence-electron chi connectivity index (χ4n) is 1.30. The van der Waals surface area contributed by atoms with Gasteiger partial charge >= 0.3 is 5.97 Å². The van der Waals surface area contributed by atoms with Crippen molar-refractivity contribution >= 4 is 21.9 Å². The van der Waals surface area contributed by atoms with E-state index in [-0.39, 0.29) is 6.42 Å². The highest BCUT2D eigenvalue weighted by molar-refractivity contribution is 7.89. The fraction of sp³-hybridized carbons (Fsp3) is 0.375. The highest BCUT2D eigenvalue weighted by atomic mass is 32.2. The molecule has 5 N–H and O–H groups in total. The highest BCUT2D eigenvalue weighted by Gasteiger charge is 2.26. The zero-order valence-corrected chi connectivity index (χ0v) is 10.2. The van der Waals surface area contributed by atoms with Gasteiger partial charge in [-0.3, -0.25) is 9.89 Å².